The Labute approximate surface area is 159 Å². The van der Waals surface area contributed by atoms with Crippen LogP contribution in [0.3, 0.4) is 0 Å². The van der Waals surface area contributed by atoms with Gasteiger partial charge in [0.1, 0.15) is 11.6 Å². The molecular formula is C19H15ClFN3O3. The van der Waals surface area contributed by atoms with Crippen LogP contribution in [0.2, 0.25) is 5.02 Å². The lowest BCUT2D eigenvalue weighted by molar-refractivity contribution is -0.117. The zero-order chi connectivity index (χ0) is 19.0. The van der Waals surface area contributed by atoms with Crippen LogP contribution in [0.1, 0.15) is 18.2 Å². The van der Waals surface area contributed by atoms with Gasteiger partial charge in [0.05, 0.1) is 12.1 Å². The summed E-state index contributed by atoms with van der Waals surface area (Å²) >= 11 is 6.16. The van der Waals surface area contributed by atoms with Crippen molar-refractivity contribution in [3.63, 3.8) is 0 Å². The Morgan fingerprint density at radius 3 is 2.89 bits per heavy atom. The number of rotatable bonds is 4. The Morgan fingerprint density at radius 2 is 2.15 bits per heavy atom. The fourth-order valence-corrected chi connectivity index (χ4v) is 3.34. The lowest BCUT2D eigenvalue weighted by Crippen LogP contribution is -2.24. The number of halogens is 2. The van der Waals surface area contributed by atoms with Crippen molar-refractivity contribution in [1.82, 2.24) is 10.1 Å². The zero-order valence-corrected chi connectivity index (χ0v) is 15.1. The third-order valence-electron chi connectivity index (χ3n) is 4.45. The molecule has 1 saturated heterocycles. The molecule has 0 N–H and O–H groups in total. The lowest BCUT2D eigenvalue weighted by Gasteiger charge is -2.17. The maximum atomic E-state index is 13.4. The maximum Gasteiger partial charge on any atom is 0.258 e. The fraction of sp³-hybridized carbons (Fsp3) is 0.211. The van der Waals surface area contributed by atoms with Crippen LogP contribution in [0.5, 0.6) is 5.75 Å². The van der Waals surface area contributed by atoms with Crippen LogP contribution in [0.4, 0.5) is 10.1 Å². The summed E-state index contributed by atoms with van der Waals surface area (Å²) in [6.45, 7) is 0.406. The highest BCUT2D eigenvalue weighted by molar-refractivity contribution is 6.32. The van der Waals surface area contributed by atoms with Gasteiger partial charge in [-0.05, 0) is 36.4 Å². The monoisotopic (exact) mass is 387 g/mol. The van der Waals surface area contributed by atoms with E-state index in [2.05, 4.69) is 10.1 Å². The second-order valence-electron chi connectivity index (χ2n) is 6.19. The van der Waals surface area contributed by atoms with Crippen molar-refractivity contribution < 1.29 is 18.4 Å². The standard InChI is InChI=1S/C19H15ClFN3O3/c1-26-16-6-5-14(9-15(16)20)24-10-12(8-17(24)25)18-22-19(27-23-18)11-3-2-4-13(21)7-11/h2-7,9,12H,8,10H2,1H3. The number of hydrogen-bond acceptors (Lipinski definition) is 5. The van der Waals surface area contributed by atoms with Crippen LogP contribution in [-0.4, -0.2) is 29.7 Å². The van der Waals surface area contributed by atoms with E-state index >= 15 is 0 Å². The first kappa shape index (κ1) is 17.5. The van der Waals surface area contributed by atoms with E-state index in [1.807, 2.05) is 0 Å². The van der Waals surface area contributed by atoms with Crippen molar-refractivity contribution in [2.45, 2.75) is 12.3 Å². The fourth-order valence-electron chi connectivity index (χ4n) is 3.09. The zero-order valence-electron chi connectivity index (χ0n) is 14.4. The van der Waals surface area contributed by atoms with Gasteiger partial charge in [-0.1, -0.05) is 22.8 Å². The number of benzene rings is 2. The van der Waals surface area contributed by atoms with Gasteiger partial charge in [0.15, 0.2) is 5.82 Å². The molecule has 1 atom stereocenters. The Hall–Kier alpha value is -2.93. The molecular weight excluding hydrogens is 373 g/mol. The van der Waals surface area contributed by atoms with Gasteiger partial charge < -0.3 is 14.2 Å². The smallest absolute Gasteiger partial charge is 0.258 e. The van der Waals surface area contributed by atoms with Crippen LogP contribution >= 0.6 is 11.6 Å². The van der Waals surface area contributed by atoms with Crippen molar-refractivity contribution in [2.75, 3.05) is 18.6 Å². The summed E-state index contributed by atoms with van der Waals surface area (Å²) in [7, 11) is 1.53. The van der Waals surface area contributed by atoms with E-state index in [1.54, 1.807) is 35.2 Å². The molecule has 138 valence electrons. The summed E-state index contributed by atoms with van der Waals surface area (Å²) in [6.07, 6.45) is 0.256. The summed E-state index contributed by atoms with van der Waals surface area (Å²) in [6, 6.07) is 11.1. The maximum absolute atomic E-state index is 13.4. The number of ether oxygens (including phenoxy) is 1. The first-order chi connectivity index (χ1) is 13.0. The molecule has 0 saturated carbocycles. The molecule has 0 aliphatic carbocycles. The number of carbonyl (C=O) groups is 1. The van der Waals surface area contributed by atoms with E-state index < -0.39 is 0 Å². The molecule has 8 heteroatoms. The SMILES string of the molecule is COc1ccc(N2CC(c3noc(-c4cccc(F)c4)n3)CC2=O)cc1Cl. The lowest BCUT2D eigenvalue weighted by atomic mass is 10.1. The van der Waals surface area contributed by atoms with Gasteiger partial charge in [-0.2, -0.15) is 4.98 Å². The van der Waals surface area contributed by atoms with Crippen LogP contribution in [0.15, 0.2) is 47.0 Å². The van der Waals surface area contributed by atoms with E-state index in [0.29, 0.717) is 34.4 Å². The van der Waals surface area contributed by atoms with Crippen LogP contribution in [0, 0.1) is 5.82 Å². The quantitative estimate of drug-likeness (QED) is 0.675. The van der Waals surface area contributed by atoms with Crippen LogP contribution in [-0.2, 0) is 4.79 Å². The molecule has 4 rings (SSSR count). The van der Waals surface area contributed by atoms with Crippen molar-refractivity contribution in [3.8, 4) is 17.2 Å². The molecule has 0 radical (unpaired) electrons. The molecule has 0 bridgehead atoms. The summed E-state index contributed by atoms with van der Waals surface area (Å²) < 4.78 is 23.8. The van der Waals surface area contributed by atoms with E-state index in [1.165, 1.54) is 19.2 Å². The number of nitrogens with zero attached hydrogens (tertiary/aromatic N) is 3. The second-order valence-corrected chi connectivity index (χ2v) is 6.60. The summed E-state index contributed by atoms with van der Waals surface area (Å²) in [5, 5.41) is 4.41. The molecule has 1 amide bonds. The number of hydrogen-bond donors (Lipinski definition) is 0. The number of aromatic nitrogens is 2. The van der Waals surface area contributed by atoms with Gasteiger partial charge in [-0.25, -0.2) is 4.39 Å². The molecule has 2 aromatic carbocycles. The van der Waals surface area contributed by atoms with Crippen molar-refractivity contribution in [1.29, 1.82) is 0 Å². The van der Waals surface area contributed by atoms with E-state index in [0.717, 1.165) is 0 Å². The Morgan fingerprint density at radius 1 is 1.30 bits per heavy atom. The van der Waals surface area contributed by atoms with Gasteiger partial charge in [0, 0.05) is 30.1 Å². The molecule has 27 heavy (non-hydrogen) atoms. The van der Waals surface area contributed by atoms with Crippen LogP contribution in [0.25, 0.3) is 11.5 Å². The minimum absolute atomic E-state index is 0.0571. The highest BCUT2D eigenvalue weighted by Gasteiger charge is 2.35. The largest absolute Gasteiger partial charge is 0.495 e. The molecule has 0 spiro atoms. The molecule has 1 aliphatic rings. The summed E-state index contributed by atoms with van der Waals surface area (Å²) in [5.74, 6) is 0.530. The van der Waals surface area contributed by atoms with Crippen molar-refractivity contribution in [3.05, 3.63) is 59.1 Å². The van der Waals surface area contributed by atoms with Crippen LogP contribution < -0.4 is 9.64 Å². The van der Waals surface area contributed by atoms with E-state index in [9.17, 15) is 9.18 Å². The highest BCUT2D eigenvalue weighted by Crippen LogP contribution is 2.35. The van der Waals surface area contributed by atoms with Gasteiger partial charge >= 0.3 is 0 Å². The van der Waals surface area contributed by atoms with Crippen molar-refractivity contribution in [2.24, 2.45) is 0 Å². The predicted octanol–water partition coefficient (Wildman–Crippen LogP) is 4.06. The van der Waals surface area contributed by atoms with E-state index in [-0.39, 0.29) is 30.0 Å². The molecule has 1 aliphatic heterocycles. The second kappa shape index (κ2) is 7.00. The minimum Gasteiger partial charge on any atom is -0.495 e. The average molecular weight is 388 g/mol. The molecule has 6 nitrogen and oxygen atoms in total. The van der Waals surface area contributed by atoms with E-state index in [4.69, 9.17) is 20.9 Å². The average Bonchev–Trinajstić information content (AvgIpc) is 3.28. The Kier molecular flexibility index (Phi) is 4.53. The molecule has 3 aromatic rings. The number of carbonyl (C=O) groups excluding carboxylic acids is 1. The summed E-state index contributed by atoms with van der Waals surface area (Å²) in [4.78, 5) is 18.4. The minimum atomic E-state index is -0.383. The normalized spacial score (nSPS) is 16.8. The Balaban J connectivity index is 1.55. The van der Waals surface area contributed by atoms with Gasteiger partial charge in [0.2, 0.25) is 5.91 Å². The molecule has 2 heterocycles. The first-order valence-corrected chi connectivity index (χ1v) is 8.66. The number of methoxy groups -OCH3 is 1. The molecule has 1 aromatic heterocycles. The number of amides is 1. The third-order valence-corrected chi connectivity index (χ3v) is 4.75. The number of anilines is 1. The summed E-state index contributed by atoms with van der Waals surface area (Å²) in [5.41, 5.74) is 1.18. The van der Waals surface area contributed by atoms with Crippen molar-refractivity contribution >= 4 is 23.2 Å². The predicted molar refractivity (Wildman–Crippen MR) is 97.4 cm³/mol. The third kappa shape index (κ3) is 3.38. The highest BCUT2D eigenvalue weighted by atomic mass is 35.5. The Bertz CT molecular complexity index is 1010. The van der Waals surface area contributed by atoms with Gasteiger partial charge in [-0.15, -0.1) is 0 Å². The van der Waals surface area contributed by atoms with Gasteiger partial charge in [0.25, 0.3) is 5.89 Å². The first-order valence-electron chi connectivity index (χ1n) is 8.28. The topological polar surface area (TPSA) is 68.5 Å². The molecule has 1 fully saturated rings. The molecule has 1 unspecified atom stereocenters. The van der Waals surface area contributed by atoms with Gasteiger partial charge in [-0.3, -0.25) is 4.79 Å².